The highest BCUT2D eigenvalue weighted by molar-refractivity contribution is 5.77. The summed E-state index contributed by atoms with van der Waals surface area (Å²) in [5, 5.41) is 8.50. The summed E-state index contributed by atoms with van der Waals surface area (Å²) in [7, 11) is 1.68. The van der Waals surface area contributed by atoms with Crippen molar-refractivity contribution in [3.8, 4) is 0 Å². The van der Waals surface area contributed by atoms with Crippen LogP contribution in [0, 0.1) is 5.92 Å². The van der Waals surface area contributed by atoms with Crippen LogP contribution in [-0.2, 0) is 9.59 Å². The molecule has 80 valence electrons. The van der Waals surface area contributed by atoms with Gasteiger partial charge < -0.3 is 10.0 Å². The van der Waals surface area contributed by atoms with E-state index in [2.05, 4.69) is 6.58 Å². The molecule has 4 heteroatoms. The lowest BCUT2D eigenvalue weighted by molar-refractivity contribution is -0.138. The van der Waals surface area contributed by atoms with Crippen LogP contribution in [0.1, 0.15) is 19.8 Å². The van der Waals surface area contributed by atoms with Gasteiger partial charge >= 0.3 is 5.97 Å². The van der Waals surface area contributed by atoms with E-state index in [9.17, 15) is 9.59 Å². The molecule has 0 aromatic heterocycles. The minimum absolute atomic E-state index is 0.0354. The van der Waals surface area contributed by atoms with Gasteiger partial charge in [0.2, 0.25) is 5.91 Å². The lowest BCUT2D eigenvalue weighted by Crippen LogP contribution is -2.28. The number of rotatable bonds is 6. The number of aliphatic carboxylic acids is 1. The van der Waals surface area contributed by atoms with Crippen molar-refractivity contribution >= 4 is 11.9 Å². The van der Waals surface area contributed by atoms with E-state index >= 15 is 0 Å². The Labute approximate surface area is 84.2 Å². The van der Waals surface area contributed by atoms with E-state index in [0.29, 0.717) is 6.54 Å². The summed E-state index contributed by atoms with van der Waals surface area (Å²) < 4.78 is 0. The van der Waals surface area contributed by atoms with Crippen molar-refractivity contribution in [2.75, 3.05) is 13.6 Å². The Bertz CT molecular complexity index is 225. The number of nitrogens with zero attached hydrogens (tertiary/aromatic N) is 1. The van der Waals surface area contributed by atoms with E-state index in [1.807, 2.05) is 0 Å². The normalized spacial score (nSPS) is 11.9. The van der Waals surface area contributed by atoms with Crippen LogP contribution < -0.4 is 0 Å². The quantitative estimate of drug-likeness (QED) is 0.652. The molecule has 0 aliphatic heterocycles. The Hall–Kier alpha value is -1.32. The number of hydrogen-bond acceptors (Lipinski definition) is 2. The number of likely N-dealkylation sites (N-methyl/N-ethyl adjacent to an activating group) is 1. The molecule has 0 saturated heterocycles. The topological polar surface area (TPSA) is 57.6 Å². The molecule has 4 nitrogen and oxygen atoms in total. The van der Waals surface area contributed by atoms with E-state index in [4.69, 9.17) is 5.11 Å². The number of amides is 1. The molecule has 1 unspecified atom stereocenters. The molecular weight excluding hydrogens is 182 g/mol. The van der Waals surface area contributed by atoms with Gasteiger partial charge in [-0.1, -0.05) is 13.0 Å². The van der Waals surface area contributed by atoms with Crippen molar-refractivity contribution in [1.29, 1.82) is 0 Å². The number of carboxylic acid groups (broad SMARTS) is 1. The summed E-state index contributed by atoms with van der Waals surface area (Å²) in [6.45, 7) is 5.78. The largest absolute Gasteiger partial charge is 0.481 e. The van der Waals surface area contributed by atoms with Gasteiger partial charge in [0.25, 0.3) is 0 Å². The molecule has 0 aromatic carbocycles. The number of hydrogen-bond donors (Lipinski definition) is 1. The van der Waals surface area contributed by atoms with E-state index in [0.717, 1.165) is 0 Å². The Balaban J connectivity index is 3.92. The third-order valence-corrected chi connectivity index (χ3v) is 1.87. The van der Waals surface area contributed by atoms with E-state index < -0.39 is 5.97 Å². The standard InChI is InChI=1S/C10H17NO3/c1-4-5-11(3)9(12)6-8(2)7-10(13)14/h4,8H,1,5-7H2,2-3H3,(H,13,14). The first-order chi connectivity index (χ1) is 6.47. The second kappa shape index (κ2) is 6.18. The highest BCUT2D eigenvalue weighted by atomic mass is 16.4. The predicted octanol–water partition coefficient (Wildman–Crippen LogP) is 1.13. The van der Waals surface area contributed by atoms with Gasteiger partial charge in [0.05, 0.1) is 0 Å². The first kappa shape index (κ1) is 12.7. The fourth-order valence-corrected chi connectivity index (χ4v) is 1.12. The molecule has 0 aromatic rings. The average molecular weight is 199 g/mol. The summed E-state index contributed by atoms with van der Waals surface area (Å²) in [6.07, 6.45) is 1.95. The molecule has 0 fully saturated rings. The molecule has 0 saturated carbocycles. The van der Waals surface area contributed by atoms with Crippen molar-refractivity contribution in [3.05, 3.63) is 12.7 Å². The number of carbonyl (C=O) groups excluding carboxylic acids is 1. The summed E-state index contributed by atoms with van der Waals surface area (Å²) in [5.74, 6) is -1.03. The zero-order valence-corrected chi connectivity index (χ0v) is 8.69. The van der Waals surface area contributed by atoms with Gasteiger partial charge in [0.15, 0.2) is 0 Å². The van der Waals surface area contributed by atoms with Gasteiger partial charge in [-0.3, -0.25) is 9.59 Å². The first-order valence-corrected chi connectivity index (χ1v) is 4.54. The molecule has 0 aliphatic rings. The van der Waals surface area contributed by atoms with Crippen molar-refractivity contribution < 1.29 is 14.7 Å². The Morgan fingerprint density at radius 2 is 2.07 bits per heavy atom. The summed E-state index contributed by atoms with van der Waals surface area (Å²) in [6, 6.07) is 0. The second-order valence-corrected chi connectivity index (χ2v) is 3.47. The molecule has 1 amide bonds. The van der Waals surface area contributed by atoms with E-state index in [1.165, 1.54) is 4.90 Å². The number of carbonyl (C=O) groups is 2. The molecule has 1 atom stereocenters. The Morgan fingerprint density at radius 3 is 2.50 bits per heavy atom. The zero-order valence-electron chi connectivity index (χ0n) is 8.69. The van der Waals surface area contributed by atoms with Crippen LogP contribution in [0.5, 0.6) is 0 Å². The van der Waals surface area contributed by atoms with Crippen LogP contribution in [0.2, 0.25) is 0 Å². The molecule has 0 radical (unpaired) electrons. The van der Waals surface area contributed by atoms with Gasteiger partial charge in [-0.2, -0.15) is 0 Å². The fourth-order valence-electron chi connectivity index (χ4n) is 1.12. The van der Waals surface area contributed by atoms with E-state index in [-0.39, 0.29) is 24.7 Å². The van der Waals surface area contributed by atoms with Gasteiger partial charge in [-0.25, -0.2) is 0 Å². The fraction of sp³-hybridized carbons (Fsp3) is 0.600. The van der Waals surface area contributed by atoms with Crippen molar-refractivity contribution in [3.63, 3.8) is 0 Å². The Kier molecular flexibility index (Phi) is 5.60. The van der Waals surface area contributed by atoms with E-state index in [1.54, 1.807) is 20.0 Å². The molecule has 0 rings (SSSR count). The molecular formula is C10H17NO3. The zero-order chi connectivity index (χ0) is 11.1. The minimum atomic E-state index is -0.864. The van der Waals surface area contributed by atoms with Crippen molar-refractivity contribution in [1.82, 2.24) is 4.90 Å². The molecule has 0 aliphatic carbocycles. The molecule has 0 bridgehead atoms. The molecule has 1 N–H and O–H groups in total. The third-order valence-electron chi connectivity index (χ3n) is 1.87. The molecule has 0 spiro atoms. The summed E-state index contributed by atoms with van der Waals surface area (Å²) in [5.41, 5.74) is 0. The minimum Gasteiger partial charge on any atom is -0.481 e. The van der Waals surface area contributed by atoms with Crippen LogP contribution in [0.3, 0.4) is 0 Å². The number of carboxylic acids is 1. The summed E-state index contributed by atoms with van der Waals surface area (Å²) in [4.78, 5) is 23.3. The maximum absolute atomic E-state index is 11.4. The highest BCUT2D eigenvalue weighted by Crippen LogP contribution is 2.08. The maximum atomic E-state index is 11.4. The molecule has 0 heterocycles. The third kappa shape index (κ3) is 5.35. The van der Waals surface area contributed by atoms with Crippen LogP contribution in [0.15, 0.2) is 12.7 Å². The van der Waals surface area contributed by atoms with Crippen molar-refractivity contribution in [2.45, 2.75) is 19.8 Å². The summed E-state index contributed by atoms with van der Waals surface area (Å²) >= 11 is 0. The van der Waals surface area contributed by atoms with Gasteiger partial charge in [0, 0.05) is 26.4 Å². The lowest BCUT2D eigenvalue weighted by Gasteiger charge is -2.16. The second-order valence-electron chi connectivity index (χ2n) is 3.47. The van der Waals surface area contributed by atoms with Gasteiger partial charge in [-0.15, -0.1) is 6.58 Å². The highest BCUT2D eigenvalue weighted by Gasteiger charge is 2.14. The smallest absolute Gasteiger partial charge is 0.303 e. The SMILES string of the molecule is C=CCN(C)C(=O)CC(C)CC(=O)O. The van der Waals surface area contributed by atoms with Gasteiger partial charge in [0.1, 0.15) is 0 Å². The van der Waals surface area contributed by atoms with Crippen LogP contribution >= 0.6 is 0 Å². The predicted molar refractivity (Wildman–Crippen MR) is 53.9 cm³/mol. The van der Waals surface area contributed by atoms with Crippen LogP contribution in [0.4, 0.5) is 0 Å². The van der Waals surface area contributed by atoms with Crippen LogP contribution in [-0.4, -0.2) is 35.5 Å². The van der Waals surface area contributed by atoms with Crippen LogP contribution in [0.25, 0.3) is 0 Å². The lowest BCUT2D eigenvalue weighted by atomic mass is 10.0. The average Bonchev–Trinajstić information content (AvgIpc) is 2.02. The van der Waals surface area contributed by atoms with Gasteiger partial charge in [-0.05, 0) is 5.92 Å². The first-order valence-electron chi connectivity index (χ1n) is 4.54. The monoisotopic (exact) mass is 199 g/mol. The Morgan fingerprint density at radius 1 is 1.50 bits per heavy atom. The molecule has 14 heavy (non-hydrogen) atoms. The van der Waals surface area contributed by atoms with Crippen molar-refractivity contribution in [2.24, 2.45) is 5.92 Å². The maximum Gasteiger partial charge on any atom is 0.303 e.